The summed E-state index contributed by atoms with van der Waals surface area (Å²) < 4.78 is 0. The highest BCUT2D eigenvalue weighted by Gasteiger charge is 2.07. The fourth-order valence-electron chi connectivity index (χ4n) is 1.95. The first-order chi connectivity index (χ1) is 8.65. The van der Waals surface area contributed by atoms with Crippen LogP contribution in [0.3, 0.4) is 0 Å². The topological polar surface area (TPSA) is 37.0 Å². The quantitative estimate of drug-likeness (QED) is 0.727. The van der Waals surface area contributed by atoms with E-state index in [-0.39, 0.29) is 0 Å². The average molecular weight is 249 g/mol. The van der Waals surface area contributed by atoms with Crippen molar-refractivity contribution in [2.45, 2.75) is 53.0 Å². The molecule has 2 atom stereocenters. The summed E-state index contributed by atoms with van der Waals surface area (Å²) in [5, 5.41) is 6.78. The van der Waals surface area contributed by atoms with Gasteiger partial charge in [-0.1, -0.05) is 33.3 Å². The minimum absolute atomic E-state index is 0.467. The largest absolute Gasteiger partial charge is 0.370 e. The second-order valence-corrected chi connectivity index (χ2v) is 5.13. The molecule has 0 saturated heterocycles. The number of rotatable bonds is 8. The van der Waals surface area contributed by atoms with Gasteiger partial charge in [-0.3, -0.25) is 0 Å². The van der Waals surface area contributed by atoms with Gasteiger partial charge in [0.15, 0.2) is 0 Å². The van der Waals surface area contributed by atoms with E-state index in [1.165, 1.54) is 12.8 Å². The van der Waals surface area contributed by atoms with Crippen LogP contribution in [0.15, 0.2) is 18.2 Å². The van der Waals surface area contributed by atoms with Crippen molar-refractivity contribution in [3.63, 3.8) is 0 Å². The fourth-order valence-corrected chi connectivity index (χ4v) is 1.95. The molecule has 0 bridgehead atoms. The van der Waals surface area contributed by atoms with E-state index in [0.717, 1.165) is 30.5 Å². The van der Waals surface area contributed by atoms with E-state index < -0.39 is 0 Å². The molecule has 3 nitrogen and oxygen atoms in total. The van der Waals surface area contributed by atoms with Crippen LogP contribution in [-0.2, 0) is 0 Å². The zero-order valence-electron chi connectivity index (χ0n) is 12.2. The Labute approximate surface area is 111 Å². The summed E-state index contributed by atoms with van der Waals surface area (Å²) in [6, 6.07) is 6.56. The molecule has 0 amide bonds. The normalized spacial score (nSPS) is 14.0. The third kappa shape index (κ3) is 5.39. The molecule has 3 heteroatoms. The summed E-state index contributed by atoms with van der Waals surface area (Å²) >= 11 is 0. The SMILES string of the molecule is CCCNc1cccc(NC(C)CC(C)CC)n1. The number of hydrogen-bond acceptors (Lipinski definition) is 3. The van der Waals surface area contributed by atoms with Crippen molar-refractivity contribution in [1.82, 2.24) is 4.98 Å². The van der Waals surface area contributed by atoms with Crippen molar-refractivity contribution >= 4 is 11.6 Å². The molecular formula is C15H27N3. The Kier molecular flexibility index (Phi) is 6.55. The molecule has 2 N–H and O–H groups in total. The molecule has 1 rings (SSSR count). The van der Waals surface area contributed by atoms with Crippen LogP contribution < -0.4 is 10.6 Å². The molecule has 0 aliphatic carbocycles. The van der Waals surface area contributed by atoms with E-state index in [0.29, 0.717) is 6.04 Å². The summed E-state index contributed by atoms with van der Waals surface area (Å²) in [7, 11) is 0. The first kappa shape index (κ1) is 14.8. The van der Waals surface area contributed by atoms with Crippen molar-refractivity contribution in [2.24, 2.45) is 5.92 Å². The van der Waals surface area contributed by atoms with Crippen LogP contribution in [0.1, 0.15) is 47.0 Å². The van der Waals surface area contributed by atoms with Crippen molar-refractivity contribution < 1.29 is 0 Å². The summed E-state index contributed by atoms with van der Waals surface area (Å²) in [4.78, 5) is 4.56. The molecule has 0 aliphatic rings. The van der Waals surface area contributed by atoms with Crippen LogP contribution in [0.4, 0.5) is 11.6 Å². The third-order valence-electron chi connectivity index (χ3n) is 3.15. The number of pyridine rings is 1. The fraction of sp³-hybridized carbons (Fsp3) is 0.667. The molecule has 1 heterocycles. The highest BCUT2D eigenvalue weighted by Crippen LogP contribution is 2.15. The van der Waals surface area contributed by atoms with Gasteiger partial charge < -0.3 is 10.6 Å². The van der Waals surface area contributed by atoms with E-state index in [2.05, 4.69) is 43.3 Å². The molecule has 0 radical (unpaired) electrons. The molecule has 102 valence electrons. The van der Waals surface area contributed by atoms with Crippen LogP contribution in [0.25, 0.3) is 0 Å². The predicted octanol–water partition coefficient (Wildman–Crippen LogP) is 4.14. The van der Waals surface area contributed by atoms with Crippen molar-refractivity contribution in [1.29, 1.82) is 0 Å². The first-order valence-electron chi connectivity index (χ1n) is 7.13. The van der Waals surface area contributed by atoms with Gasteiger partial charge in [0.1, 0.15) is 11.6 Å². The number of hydrogen-bond donors (Lipinski definition) is 2. The predicted molar refractivity (Wildman–Crippen MR) is 80.2 cm³/mol. The summed E-state index contributed by atoms with van der Waals surface area (Å²) in [5.74, 6) is 2.68. The third-order valence-corrected chi connectivity index (χ3v) is 3.15. The first-order valence-corrected chi connectivity index (χ1v) is 7.13. The number of anilines is 2. The van der Waals surface area contributed by atoms with Crippen LogP contribution in [0.2, 0.25) is 0 Å². The van der Waals surface area contributed by atoms with E-state index in [1.54, 1.807) is 0 Å². The van der Waals surface area contributed by atoms with Crippen molar-refractivity contribution in [3.05, 3.63) is 18.2 Å². The van der Waals surface area contributed by atoms with Crippen LogP contribution in [0, 0.1) is 5.92 Å². The highest BCUT2D eigenvalue weighted by molar-refractivity contribution is 5.45. The van der Waals surface area contributed by atoms with Gasteiger partial charge in [0.2, 0.25) is 0 Å². The Balaban J connectivity index is 2.50. The second kappa shape index (κ2) is 7.96. The van der Waals surface area contributed by atoms with Crippen LogP contribution in [-0.4, -0.2) is 17.6 Å². The van der Waals surface area contributed by atoms with E-state index in [9.17, 15) is 0 Å². The monoisotopic (exact) mass is 249 g/mol. The molecule has 1 aromatic rings. The van der Waals surface area contributed by atoms with Gasteiger partial charge in [0.25, 0.3) is 0 Å². The Bertz CT molecular complexity index is 338. The summed E-state index contributed by atoms with van der Waals surface area (Å²) in [6.45, 7) is 9.89. The molecule has 0 saturated carbocycles. The maximum atomic E-state index is 4.56. The van der Waals surface area contributed by atoms with Gasteiger partial charge in [0.05, 0.1) is 0 Å². The number of nitrogens with zero attached hydrogens (tertiary/aromatic N) is 1. The summed E-state index contributed by atoms with van der Waals surface area (Å²) in [6.07, 6.45) is 3.53. The number of aromatic nitrogens is 1. The highest BCUT2D eigenvalue weighted by atomic mass is 15.1. The van der Waals surface area contributed by atoms with Gasteiger partial charge in [-0.15, -0.1) is 0 Å². The lowest BCUT2D eigenvalue weighted by Crippen LogP contribution is -2.19. The zero-order chi connectivity index (χ0) is 13.4. The van der Waals surface area contributed by atoms with Gasteiger partial charge in [-0.2, -0.15) is 0 Å². The second-order valence-electron chi connectivity index (χ2n) is 5.13. The van der Waals surface area contributed by atoms with Gasteiger partial charge in [-0.25, -0.2) is 4.98 Å². The Morgan fingerprint density at radius 3 is 2.56 bits per heavy atom. The van der Waals surface area contributed by atoms with Gasteiger partial charge in [0, 0.05) is 12.6 Å². The van der Waals surface area contributed by atoms with Gasteiger partial charge in [-0.05, 0) is 37.8 Å². The minimum atomic E-state index is 0.467. The minimum Gasteiger partial charge on any atom is -0.370 e. The average Bonchev–Trinajstić information content (AvgIpc) is 2.36. The molecule has 0 spiro atoms. The molecule has 18 heavy (non-hydrogen) atoms. The zero-order valence-corrected chi connectivity index (χ0v) is 12.2. The molecule has 0 fully saturated rings. The molecule has 1 aromatic heterocycles. The smallest absolute Gasteiger partial charge is 0.128 e. The summed E-state index contributed by atoms with van der Waals surface area (Å²) in [5.41, 5.74) is 0. The van der Waals surface area contributed by atoms with Crippen LogP contribution in [0.5, 0.6) is 0 Å². The van der Waals surface area contributed by atoms with Crippen LogP contribution >= 0.6 is 0 Å². The Morgan fingerprint density at radius 1 is 1.17 bits per heavy atom. The molecule has 2 unspecified atom stereocenters. The number of nitrogens with one attached hydrogen (secondary N) is 2. The van der Waals surface area contributed by atoms with E-state index in [4.69, 9.17) is 0 Å². The maximum absolute atomic E-state index is 4.56. The van der Waals surface area contributed by atoms with E-state index in [1.807, 2.05) is 18.2 Å². The van der Waals surface area contributed by atoms with Crippen molar-refractivity contribution in [3.8, 4) is 0 Å². The maximum Gasteiger partial charge on any atom is 0.128 e. The lowest BCUT2D eigenvalue weighted by molar-refractivity contribution is 0.483. The Hall–Kier alpha value is -1.25. The Morgan fingerprint density at radius 2 is 1.89 bits per heavy atom. The lowest BCUT2D eigenvalue weighted by Gasteiger charge is -2.18. The molecular weight excluding hydrogens is 222 g/mol. The standard InChI is InChI=1S/C15H27N3/c1-5-10-16-14-8-7-9-15(18-14)17-13(4)11-12(3)6-2/h7-9,12-13H,5-6,10-11H2,1-4H3,(H2,16,17,18). The molecule has 0 aromatic carbocycles. The molecule has 0 aliphatic heterocycles. The lowest BCUT2D eigenvalue weighted by atomic mass is 10.0. The van der Waals surface area contributed by atoms with Crippen molar-refractivity contribution in [2.75, 3.05) is 17.2 Å². The van der Waals surface area contributed by atoms with E-state index >= 15 is 0 Å². The van der Waals surface area contributed by atoms with Gasteiger partial charge >= 0.3 is 0 Å².